The van der Waals surface area contributed by atoms with Crippen LogP contribution in [0.1, 0.15) is 37.0 Å². The minimum absolute atomic E-state index is 0.00625. The van der Waals surface area contributed by atoms with Gasteiger partial charge in [0, 0.05) is 12.1 Å². The zero-order chi connectivity index (χ0) is 13.4. The fourth-order valence-corrected chi connectivity index (χ4v) is 2.13. The molecular formula is C14H20N2O2. The minimum Gasteiger partial charge on any atom is -0.334 e. The first kappa shape index (κ1) is 14.4. The zero-order valence-electron chi connectivity index (χ0n) is 11.0. The van der Waals surface area contributed by atoms with Crippen LogP contribution in [0.15, 0.2) is 35.5 Å². The average Bonchev–Trinajstić information content (AvgIpc) is 2.90. The number of hydrogen-bond acceptors (Lipinski definition) is 3. The molecule has 0 saturated carbocycles. The van der Waals surface area contributed by atoms with Gasteiger partial charge in [-0.05, 0) is 25.0 Å². The molecule has 1 saturated heterocycles. The van der Waals surface area contributed by atoms with E-state index in [1.165, 1.54) is 0 Å². The maximum absolute atomic E-state index is 12.1. The fourth-order valence-electron chi connectivity index (χ4n) is 2.13. The summed E-state index contributed by atoms with van der Waals surface area (Å²) in [4.78, 5) is 24.2. The molecule has 1 aromatic carbocycles. The van der Waals surface area contributed by atoms with Crippen molar-refractivity contribution >= 4 is 5.91 Å². The third-order valence-electron chi connectivity index (χ3n) is 2.94. The summed E-state index contributed by atoms with van der Waals surface area (Å²) in [6.45, 7) is 4.94. The number of rotatable bonds is 3. The highest BCUT2D eigenvalue weighted by atomic mass is 16.3. The van der Waals surface area contributed by atoms with E-state index in [1.807, 2.05) is 32.0 Å². The summed E-state index contributed by atoms with van der Waals surface area (Å²) in [5.74, 6) is 0.00625. The van der Waals surface area contributed by atoms with Crippen molar-refractivity contribution in [1.82, 2.24) is 4.90 Å². The Morgan fingerprint density at radius 1 is 1.33 bits per heavy atom. The second kappa shape index (κ2) is 7.58. The van der Waals surface area contributed by atoms with E-state index in [-0.39, 0.29) is 18.5 Å². The van der Waals surface area contributed by atoms with Crippen LogP contribution in [-0.4, -0.2) is 29.9 Å². The number of carbonyl (C=O) groups excluding carboxylic acids is 1. The zero-order valence-corrected chi connectivity index (χ0v) is 11.0. The molecule has 0 N–H and O–H groups in total. The summed E-state index contributed by atoms with van der Waals surface area (Å²) < 4.78 is 0. The Kier molecular flexibility index (Phi) is 6.05. The molecule has 18 heavy (non-hydrogen) atoms. The van der Waals surface area contributed by atoms with Gasteiger partial charge >= 0.3 is 0 Å². The van der Waals surface area contributed by atoms with Crippen molar-refractivity contribution in [3.05, 3.63) is 40.8 Å². The number of benzene rings is 1. The van der Waals surface area contributed by atoms with Gasteiger partial charge in [-0.25, -0.2) is 0 Å². The largest absolute Gasteiger partial charge is 0.334 e. The summed E-state index contributed by atoms with van der Waals surface area (Å²) in [5, 5.41) is 2.90. The van der Waals surface area contributed by atoms with Crippen LogP contribution >= 0.6 is 0 Å². The predicted molar refractivity (Wildman–Crippen MR) is 72.5 cm³/mol. The molecular weight excluding hydrogens is 228 g/mol. The lowest BCUT2D eigenvalue weighted by atomic mass is 10.1. The molecule has 4 nitrogen and oxygen atoms in total. The molecule has 2 rings (SSSR count). The Bertz CT molecular complexity index is 379. The lowest BCUT2D eigenvalue weighted by Gasteiger charge is -2.22. The van der Waals surface area contributed by atoms with Crippen LogP contribution in [0.2, 0.25) is 0 Å². The van der Waals surface area contributed by atoms with E-state index in [0.29, 0.717) is 5.56 Å². The van der Waals surface area contributed by atoms with Crippen LogP contribution in [-0.2, 0) is 0 Å². The SMILES string of the molecule is CC.O=NCC1CCCN1C(=O)c1ccccc1. The second-order valence-corrected chi connectivity index (χ2v) is 3.97. The van der Waals surface area contributed by atoms with Crippen molar-refractivity contribution in [3.63, 3.8) is 0 Å². The van der Waals surface area contributed by atoms with Crippen LogP contribution in [0.3, 0.4) is 0 Å². The number of carbonyl (C=O) groups is 1. The quantitative estimate of drug-likeness (QED) is 0.772. The van der Waals surface area contributed by atoms with Gasteiger partial charge in [0.05, 0.1) is 6.04 Å². The highest BCUT2D eigenvalue weighted by molar-refractivity contribution is 5.94. The Balaban J connectivity index is 0.000000771. The Morgan fingerprint density at radius 3 is 2.61 bits per heavy atom. The van der Waals surface area contributed by atoms with E-state index in [2.05, 4.69) is 5.18 Å². The van der Waals surface area contributed by atoms with E-state index < -0.39 is 0 Å². The van der Waals surface area contributed by atoms with Gasteiger partial charge in [-0.15, -0.1) is 0 Å². The maximum Gasteiger partial charge on any atom is 0.254 e. The second-order valence-electron chi connectivity index (χ2n) is 3.97. The first-order valence-corrected chi connectivity index (χ1v) is 6.48. The third kappa shape index (κ3) is 3.39. The molecule has 1 heterocycles. The van der Waals surface area contributed by atoms with Gasteiger partial charge in [-0.2, -0.15) is 4.91 Å². The summed E-state index contributed by atoms with van der Waals surface area (Å²) in [6, 6.07) is 9.15. The molecule has 1 fully saturated rings. The molecule has 0 spiro atoms. The molecule has 98 valence electrons. The van der Waals surface area contributed by atoms with E-state index in [9.17, 15) is 9.70 Å². The van der Waals surface area contributed by atoms with E-state index in [0.717, 1.165) is 19.4 Å². The lowest BCUT2D eigenvalue weighted by molar-refractivity contribution is 0.0741. The number of likely N-dealkylation sites (tertiary alicyclic amines) is 1. The highest BCUT2D eigenvalue weighted by Crippen LogP contribution is 2.20. The first-order chi connectivity index (χ1) is 8.83. The van der Waals surface area contributed by atoms with Crippen LogP contribution in [0.25, 0.3) is 0 Å². The summed E-state index contributed by atoms with van der Waals surface area (Å²) in [5.41, 5.74) is 0.681. The Labute approximate surface area is 108 Å². The number of nitrogens with zero attached hydrogens (tertiary/aromatic N) is 2. The van der Waals surface area contributed by atoms with Crippen molar-refractivity contribution in [2.75, 3.05) is 13.1 Å². The Morgan fingerprint density at radius 2 is 2.00 bits per heavy atom. The molecule has 1 aromatic rings. The van der Waals surface area contributed by atoms with Gasteiger partial charge in [-0.3, -0.25) is 4.79 Å². The van der Waals surface area contributed by atoms with Gasteiger partial charge in [0.15, 0.2) is 0 Å². The highest BCUT2D eigenvalue weighted by Gasteiger charge is 2.29. The van der Waals surface area contributed by atoms with Gasteiger partial charge in [0.25, 0.3) is 5.91 Å². The van der Waals surface area contributed by atoms with E-state index in [4.69, 9.17) is 0 Å². The van der Waals surface area contributed by atoms with Gasteiger partial charge in [0.1, 0.15) is 6.54 Å². The Hall–Kier alpha value is -1.71. The molecule has 1 aliphatic rings. The molecule has 0 radical (unpaired) electrons. The van der Waals surface area contributed by atoms with Crippen molar-refractivity contribution in [3.8, 4) is 0 Å². The van der Waals surface area contributed by atoms with Crippen molar-refractivity contribution in [1.29, 1.82) is 0 Å². The minimum atomic E-state index is -0.00907. The van der Waals surface area contributed by atoms with Gasteiger partial charge in [0.2, 0.25) is 0 Å². The third-order valence-corrected chi connectivity index (χ3v) is 2.94. The van der Waals surface area contributed by atoms with Crippen LogP contribution in [0.5, 0.6) is 0 Å². The summed E-state index contributed by atoms with van der Waals surface area (Å²) in [6.07, 6.45) is 1.84. The molecule has 1 aliphatic heterocycles. The standard InChI is InChI=1S/C12H14N2O2.C2H6/c15-12(10-5-2-1-3-6-10)14-8-4-7-11(14)9-13-16;1-2/h1-3,5-6,11H,4,7-9H2;1-2H3. The number of hydrogen-bond donors (Lipinski definition) is 0. The normalized spacial score (nSPS) is 17.9. The molecule has 1 unspecified atom stereocenters. The van der Waals surface area contributed by atoms with E-state index >= 15 is 0 Å². The maximum atomic E-state index is 12.1. The van der Waals surface area contributed by atoms with Crippen molar-refractivity contribution in [2.24, 2.45) is 5.18 Å². The van der Waals surface area contributed by atoms with Gasteiger partial charge in [-0.1, -0.05) is 37.2 Å². The van der Waals surface area contributed by atoms with Gasteiger partial charge < -0.3 is 4.90 Å². The molecule has 1 amide bonds. The number of amides is 1. The van der Waals surface area contributed by atoms with Crippen molar-refractivity contribution in [2.45, 2.75) is 32.7 Å². The fraction of sp³-hybridized carbons (Fsp3) is 0.500. The summed E-state index contributed by atoms with van der Waals surface area (Å²) >= 11 is 0. The monoisotopic (exact) mass is 248 g/mol. The van der Waals surface area contributed by atoms with E-state index in [1.54, 1.807) is 17.0 Å². The topological polar surface area (TPSA) is 49.7 Å². The summed E-state index contributed by atoms with van der Waals surface area (Å²) in [7, 11) is 0. The van der Waals surface area contributed by atoms with Crippen LogP contribution in [0.4, 0.5) is 0 Å². The molecule has 0 aliphatic carbocycles. The molecule has 4 heteroatoms. The molecule has 0 bridgehead atoms. The van der Waals surface area contributed by atoms with Crippen LogP contribution in [0, 0.1) is 4.91 Å². The number of nitroso groups, excluding NO2 is 1. The van der Waals surface area contributed by atoms with Crippen LogP contribution < -0.4 is 0 Å². The predicted octanol–water partition coefficient (Wildman–Crippen LogP) is 3.08. The molecule has 0 aromatic heterocycles. The first-order valence-electron chi connectivity index (χ1n) is 6.48. The molecule has 1 atom stereocenters. The smallest absolute Gasteiger partial charge is 0.254 e. The average molecular weight is 248 g/mol. The lowest BCUT2D eigenvalue weighted by Crippen LogP contribution is -2.37. The van der Waals surface area contributed by atoms with Crippen molar-refractivity contribution < 1.29 is 4.79 Å².